The predicted molar refractivity (Wildman–Crippen MR) is 43.4 cm³/mol. The molecule has 0 radical (unpaired) electrons. The lowest BCUT2D eigenvalue weighted by molar-refractivity contribution is -0.105. The summed E-state index contributed by atoms with van der Waals surface area (Å²) in [5.41, 5.74) is 0.695. The Hall–Kier alpha value is -0.630. The number of rotatable bonds is 3. The molecule has 0 N–H and O–H groups in total. The maximum Gasteiger partial charge on any atom is 0.145 e. The van der Waals surface area contributed by atoms with Crippen molar-refractivity contribution in [2.75, 3.05) is 13.2 Å². The number of hydrogen-bond donors (Lipinski definition) is 0. The van der Waals surface area contributed by atoms with E-state index in [1.807, 2.05) is 0 Å². The van der Waals surface area contributed by atoms with Crippen molar-refractivity contribution < 1.29 is 9.53 Å². The van der Waals surface area contributed by atoms with Gasteiger partial charge in [-0.1, -0.05) is 6.58 Å². The first-order chi connectivity index (χ1) is 5.33. The molecule has 1 aliphatic heterocycles. The summed E-state index contributed by atoms with van der Waals surface area (Å²) < 4.78 is 5.27. The van der Waals surface area contributed by atoms with E-state index in [1.54, 1.807) is 0 Å². The molecule has 0 bridgehead atoms. The largest absolute Gasteiger partial charge is 0.381 e. The van der Waals surface area contributed by atoms with E-state index in [9.17, 15) is 4.79 Å². The Morgan fingerprint density at radius 1 is 1.73 bits per heavy atom. The van der Waals surface area contributed by atoms with Crippen LogP contribution in [0.25, 0.3) is 0 Å². The van der Waals surface area contributed by atoms with E-state index >= 15 is 0 Å². The van der Waals surface area contributed by atoms with Gasteiger partial charge in [0.15, 0.2) is 0 Å². The third kappa shape index (κ3) is 2.85. The zero-order chi connectivity index (χ0) is 8.10. The van der Waals surface area contributed by atoms with Gasteiger partial charge in [0.25, 0.3) is 0 Å². The monoisotopic (exact) mass is 154 g/mol. The molecule has 0 aromatic rings. The van der Waals surface area contributed by atoms with Crippen molar-refractivity contribution in [3.05, 3.63) is 12.2 Å². The smallest absolute Gasteiger partial charge is 0.145 e. The van der Waals surface area contributed by atoms with Crippen molar-refractivity contribution in [3.8, 4) is 0 Å². The Balaban J connectivity index is 2.24. The molecule has 0 saturated carbocycles. The zero-order valence-corrected chi connectivity index (χ0v) is 6.71. The molecule has 1 rings (SSSR count). The van der Waals surface area contributed by atoms with Crippen molar-refractivity contribution in [1.29, 1.82) is 0 Å². The second-order valence-corrected chi connectivity index (χ2v) is 3.06. The summed E-state index contributed by atoms with van der Waals surface area (Å²) in [6.07, 6.45) is 3.95. The van der Waals surface area contributed by atoms with Gasteiger partial charge in [0, 0.05) is 13.2 Å². The highest BCUT2D eigenvalue weighted by Gasteiger charge is 2.14. The molecule has 1 saturated heterocycles. The minimum absolute atomic E-state index is 0.529. The molecule has 1 unspecified atom stereocenters. The van der Waals surface area contributed by atoms with Gasteiger partial charge < -0.3 is 4.74 Å². The van der Waals surface area contributed by atoms with Crippen LogP contribution >= 0.6 is 0 Å². The lowest BCUT2D eigenvalue weighted by Crippen LogP contribution is -2.17. The van der Waals surface area contributed by atoms with Crippen LogP contribution in [0.1, 0.15) is 19.3 Å². The van der Waals surface area contributed by atoms with Gasteiger partial charge >= 0.3 is 0 Å². The van der Waals surface area contributed by atoms with E-state index in [1.165, 1.54) is 6.42 Å². The third-order valence-electron chi connectivity index (χ3n) is 1.97. The fraction of sp³-hybridized carbons (Fsp3) is 0.667. The van der Waals surface area contributed by atoms with Gasteiger partial charge in [0.2, 0.25) is 0 Å². The molecule has 1 heterocycles. The topological polar surface area (TPSA) is 26.3 Å². The number of ether oxygens (including phenoxy) is 1. The molecule has 0 aromatic carbocycles. The molecule has 11 heavy (non-hydrogen) atoms. The number of carbonyl (C=O) groups is 1. The summed E-state index contributed by atoms with van der Waals surface area (Å²) in [7, 11) is 0. The van der Waals surface area contributed by atoms with Gasteiger partial charge in [-0.3, -0.25) is 4.79 Å². The summed E-state index contributed by atoms with van der Waals surface area (Å²) in [6, 6.07) is 0. The second kappa shape index (κ2) is 4.29. The Morgan fingerprint density at radius 2 is 2.55 bits per heavy atom. The SMILES string of the molecule is C=C(C=O)CC1CCCOC1. The standard InChI is InChI=1S/C9H14O2/c1-8(6-10)5-9-3-2-4-11-7-9/h6,9H,1-5,7H2. The van der Waals surface area contributed by atoms with E-state index in [0.29, 0.717) is 11.5 Å². The van der Waals surface area contributed by atoms with E-state index < -0.39 is 0 Å². The molecular formula is C9H14O2. The first-order valence-electron chi connectivity index (χ1n) is 4.03. The highest BCUT2D eigenvalue weighted by atomic mass is 16.5. The van der Waals surface area contributed by atoms with Crippen LogP contribution in [0, 0.1) is 5.92 Å². The van der Waals surface area contributed by atoms with Crippen LogP contribution in [0.3, 0.4) is 0 Å². The van der Waals surface area contributed by atoms with Crippen LogP contribution in [0.4, 0.5) is 0 Å². The molecule has 1 aliphatic rings. The number of hydrogen-bond acceptors (Lipinski definition) is 2. The highest BCUT2D eigenvalue weighted by Crippen LogP contribution is 2.19. The van der Waals surface area contributed by atoms with Crippen molar-refractivity contribution in [2.45, 2.75) is 19.3 Å². The summed E-state index contributed by atoms with van der Waals surface area (Å²) in [4.78, 5) is 10.2. The van der Waals surface area contributed by atoms with Gasteiger partial charge in [0.05, 0.1) is 0 Å². The fourth-order valence-corrected chi connectivity index (χ4v) is 1.39. The quantitative estimate of drug-likeness (QED) is 0.455. The predicted octanol–water partition coefficient (Wildman–Crippen LogP) is 1.56. The fourth-order valence-electron chi connectivity index (χ4n) is 1.39. The van der Waals surface area contributed by atoms with E-state index in [4.69, 9.17) is 4.74 Å². The Labute approximate surface area is 67.2 Å². The molecule has 62 valence electrons. The minimum atomic E-state index is 0.529. The molecule has 0 aliphatic carbocycles. The normalized spacial score (nSPS) is 24.5. The van der Waals surface area contributed by atoms with Gasteiger partial charge in [-0.05, 0) is 30.8 Å². The third-order valence-corrected chi connectivity index (χ3v) is 1.97. The Bertz CT molecular complexity index is 146. The average molecular weight is 154 g/mol. The van der Waals surface area contributed by atoms with Crippen LogP contribution < -0.4 is 0 Å². The van der Waals surface area contributed by atoms with Crippen molar-refractivity contribution in [1.82, 2.24) is 0 Å². The van der Waals surface area contributed by atoms with Gasteiger partial charge in [-0.2, -0.15) is 0 Å². The van der Waals surface area contributed by atoms with E-state index in [-0.39, 0.29) is 0 Å². The maximum absolute atomic E-state index is 10.2. The zero-order valence-electron chi connectivity index (χ0n) is 6.71. The summed E-state index contributed by atoms with van der Waals surface area (Å²) in [5.74, 6) is 0.529. The summed E-state index contributed by atoms with van der Waals surface area (Å²) in [6.45, 7) is 5.32. The average Bonchev–Trinajstić information content (AvgIpc) is 2.06. The van der Waals surface area contributed by atoms with Crippen molar-refractivity contribution >= 4 is 6.29 Å². The van der Waals surface area contributed by atoms with E-state index in [2.05, 4.69) is 6.58 Å². The molecule has 2 heteroatoms. The minimum Gasteiger partial charge on any atom is -0.381 e. The molecular weight excluding hydrogens is 140 g/mol. The van der Waals surface area contributed by atoms with Gasteiger partial charge in [-0.25, -0.2) is 0 Å². The summed E-state index contributed by atoms with van der Waals surface area (Å²) in [5, 5.41) is 0. The lowest BCUT2D eigenvalue weighted by atomic mass is 9.95. The molecule has 2 nitrogen and oxygen atoms in total. The van der Waals surface area contributed by atoms with Gasteiger partial charge in [0.1, 0.15) is 6.29 Å². The molecule has 1 atom stereocenters. The molecule has 0 spiro atoms. The van der Waals surface area contributed by atoms with Crippen LogP contribution in [-0.4, -0.2) is 19.5 Å². The second-order valence-electron chi connectivity index (χ2n) is 3.06. The molecule has 1 fully saturated rings. The van der Waals surface area contributed by atoms with Gasteiger partial charge in [-0.15, -0.1) is 0 Å². The molecule has 0 amide bonds. The van der Waals surface area contributed by atoms with Crippen LogP contribution in [-0.2, 0) is 9.53 Å². The first kappa shape index (κ1) is 8.47. The Morgan fingerprint density at radius 3 is 3.09 bits per heavy atom. The first-order valence-corrected chi connectivity index (χ1v) is 4.03. The van der Waals surface area contributed by atoms with Crippen molar-refractivity contribution in [3.63, 3.8) is 0 Å². The molecule has 0 aromatic heterocycles. The van der Waals surface area contributed by atoms with Crippen molar-refractivity contribution in [2.24, 2.45) is 5.92 Å². The summed E-state index contributed by atoms with van der Waals surface area (Å²) >= 11 is 0. The lowest BCUT2D eigenvalue weighted by Gasteiger charge is -2.21. The van der Waals surface area contributed by atoms with E-state index in [0.717, 1.165) is 32.3 Å². The van der Waals surface area contributed by atoms with Crippen LogP contribution in [0.5, 0.6) is 0 Å². The maximum atomic E-state index is 10.2. The highest BCUT2D eigenvalue weighted by molar-refractivity contribution is 5.71. The number of allylic oxidation sites excluding steroid dienone is 1. The Kier molecular flexibility index (Phi) is 3.30. The van der Waals surface area contributed by atoms with Crippen LogP contribution in [0.2, 0.25) is 0 Å². The number of aldehydes is 1. The van der Waals surface area contributed by atoms with Crippen LogP contribution in [0.15, 0.2) is 12.2 Å². The number of carbonyl (C=O) groups excluding carboxylic acids is 1.